The van der Waals surface area contributed by atoms with Crippen molar-refractivity contribution in [2.75, 3.05) is 23.9 Å². The fourth-order valence-corrected chi connectivity index (χ4v) is 3.18. The van der Waals surface area contributed by atoms with E-state index in [1.807, 2.05) is 21.8 Å². The quantitative estimate of drug-likeness (QED) is 0.566. The SMILES string of the molecule is CCn1cc(CN(C)c2cc(N(C)Cc3cnn(CC)c3)nc(C(C)(C)C)n2)cn1. The summed E-state index contributed by atoms with van der Waals surface area (Å²) in [7, 11) is 4.13. The van der Waals surface area contributed by atoms with E-state index in [0.717, 1.165) is 54.8 Å². The van der Waals surface area contributed by atoms with Gasteiger partial charge in [0.1, 0.15) is 17.5 Å². The molecule has 0 atom stereocenters. The van der Waals surface area contributed by atoms with Crippen molar-refractivity contribution < 1.29 is 0 Å². The first-order valence-corrected chi connectivity index (χ1v) is 10.5. The Morgan fingerprint density at radius 2 is 1.23 bits per heavy atom. The summed E-state index contributed by atoms with van der Waals surface area (Å²) in [5, 5.41) is 8.76. The summed E-state index contributed by atoms with van der Waals surface area (Å²) >= 11 is 0. The van der Waals surface area contributed by atoms with Gasteiger partial charge in [0.25, 0.3) is 0 Å². The van der Waals surface area contributed by atoms with E-state index in [1.165, 1.54) is 0 Å². The maximum atomic E-state index is 4.88. The molecule has 0 aliphatic heterocycles. The molecule has 3 aromatic heterocycles. The molecule has 30 heavy (non-hydrogen) atoms. The highest BCUT2D eigenvalue weighted by molar-refractivity contribution is 5.51. The molecule has 0 unspecified atom stereocenters. The Kier molecular flexibility index (Phi) is 6.43. The molecule has 0 spiro atoms. The van der Waals surface area contributed by atoms with E-state index in [2.05, 4.69) is 87.2 Å². The van der Waals surface area contributed by atoms with Gasteiger partial charge in [-0.25, -0.2) is 9.97 Å². The van der Waals surface area contributed by atoms with Gasteiger partial charge in [0.15, 0.2) is 0 Å². The van der Waals surface area contributed by atoms with Crippen molar-refractivity contribution in [2.45, 2.75) is 66.2 Å². The lowest BCUT2D eigenvalue weighted by Crippen LogP contribution is -2.25. The summed E-state index contributed by atoms with van der Waals surface area (Å²) in [6.07, 6.45) is 8.01. The molecule has 8 nitrogen and oxygen atoms in total. The van der Waals surface area contributed by atoms with Crippen LogP contribution in [0.25, 0.3) is 0 Å². The van der Waals surface area contributed by atoms with Gasteiger partial charge in [0.05, 0.1) is 12.4 Å². The van der Waals surface area contributed by atoms with E-state index in [9.17, 15) is 0 Å². The van der Waals surface area contributed by atoms with Gasteiger partial charge in [-0.3, -0.25) is 9.36 Å². The summed E-state index contributed by atoms with van der Waals surface area (Å²) in [6, 6.07) is 2.06. The minimum Gasteiger partial charge on any atom is -0.355 e. The second kappa shape index (κ2) is 8.85. The molecule has 8 heteroatoms. The van der Waals surface area contributed by atoms with Crippen LogP contribution in [0.4, 0.5) is 11.6 Å². The van der Waals surface area contributed by atoms with Crippen LogP contribution in [0.2, 0.25) is 0 Å². The van der Waals surface area contributed by atoms with Gasteiger partial charge in [-0.1, -0.05) is 20.8 Å². The molecule has 0 bridgehead atoms. The molecule has 0 aliphatic carbocycles. The van der Waals surface area contributed by atoms with E-state index < -0.39 is 0 Å². The third kappa shape index (κ3) is 5.17. The molecule has 162 valence electrons. The zero-order chi connectivity index (χ0) is 21.9. The molecule has 0 aromatic carbocycles. The van der Waals surface area contributed by atoms with Gasteiger partial charge in [0, 0.05) is 75.3 Å². The average Bonchev–Trinajstić information content (AvgIpc) is 3.35. The number of hydrogen-bond acceptors (Lipinski definition) is 6. The molecule has 3 rings (SSSR count). The zero-order valence-corrected chi connectivity index (χ0v) is 19.3. The number of hydrogen-bond donors (Lipinski definition) is 0. The number of rotatable bonds is 8. The second-order valence-electron chi connectivity index (χ2n) is 8.78. The lowest BCUT2D eigenvalue weighted by atomic mass is 9.95. The third-order valence-electron chi connectivity index (χ3n) is 5.01. The molecule has 0 aliphatic rings. The van der Waals surface area contributed by atoms with Gasteiger partial charge < -0.3 is 9.80 Å². The Bertz CT molecular complexity index is 897. The lowest BCUT2D eigenvalue weighted by Gasteiger charge is -2.26. The van der Waals surface area contributed by atoms with Crippen LogP contribution >= 0.6 is 0 Å². The Morgan fingerprint density at radius 1 is 0.800 bits per heavy atom. The highest BCUT2D eigenvalue weighted by Gasteiger charge is 2.21. The van der Waals surface area contributed by atoms with Crippen molar-refractivity contribution in [1.29, 1.82) is 0 Å². The van der Waals surface area contributed by atoms with Crippen LogP contribution in [-0.2, 0) is 31.6 Å². The summed E-state index contributed by atoms with van der Waals surface area (Å²) in [4.78, 5) is 14.1. The van der Waals surface area contributed by atoms with Crippen molar-refractivity contribution in [2.24, 2.45) is 0 Å². The molecule has 0 saturated heterocycles. The maximum absolute atomic E-state index is 4.88. The largest absolute Gasteiger partial charge is 0.355 e. The van der Waals surface area contributed by atoms with Gasteiger partial charge in [-0.2, -0.15) is 10.2 Å². The molecule has 3 heterocycles. The lowest BCUT2D eigenvalue weighted by molar-refractivity contribution is 0.543. The van der Waals surface area contributed by atoms with Gasteiger partial charge in [-0.05, 0) is 13.8 Å². The number of aryl methyl sites for hydroxylation is 2. The summed E-state index contributed by atoms with van der Waals surface area (Å²) < 4.78 is 3.89. The van der Waals surface area contributed by atoms with Crippen LogP contribution in [0.3, 0.4) is 0 Å². The molecule has 0 fully saturated rings. The van der Waals surface area contributed by atoms with E-state index >= 15 is 0 Å². The molecular weight excluding hydrogens is 376 g/mol. The smallest absolute Gasteiger partial charge is 0.138 e. The van der Waals surface area contributed by atoms with Crippen molar-refractivity contribution in [3.05, 3.63) is 47.8 Å². The Labute approximate surface area is 179 Å². The van der Waals surface area contributed by atoms with Crippen molar-refractivity contribution in [1.82, 2.24) is 29.5 Å². The van der Waals surface area contributed by atoms with Gasteiger partial charge >= 0.3 is 0 Å². The van der Waals surface area contributed by atoms with Crippen LogP contribution in [-0.4, -0.2) is 43.6 Å². The van der Waals surface area contributed by atoms with Crippen LogP contribution in [0.5, 0.6) is 0 Å². The van der Waals surface area contributed by atoms with Crippen LogP contribution < -0.4 is 9.80 Å². The van der Waals surface area contributed by atoms with Crippen LogP contribution in [0.15, 0.2) is 30.9 Å². The molecule has 3 aromatic rings. The van der Waals surface area contributed by atoms with E-state index in [-0.39, 0.29) is 5.41 Å². The standard InChI is InChI=1S/C22H34N8/c1-8-29-15-17(11-23-29)13-27(6)19-10-20(26-21(25-19)22(3,4)5)28(7)14-18-12-24-30(9-2)16-18/h10-12,15-16H,8-9,13-14H2,1-7H3. The van der Waals surface area contributed by atoms with Gasteiger partial charge in [-0.15, -0.1) is 0 Å². The zero-order valence-electron chi connectivity index (χ0n) is 19.3. The predicted octanol–water partition coefficient (Wildman–Crippen LogP) is 3.48. The van der Waals surface area contributed by atoms with Crippen LogP contribution in [0, 0.1) is 0 Å². The van der Waals surface area contributed by atoms with Crippen molar-refractivity contribution >= 4 is 11.6 Å². The molecule has 0 amide bonds. The Balaban J connectivity index is 1.86. The highest BCUT2D eigenvalue weighted by atomic mass is 15.3. The first-order valence-electron chi connectivity index (χ1n) is 10.5. The van der Waals surface area contributed by atoms with Crippen molar-refractivity contribution in [3.8, 4) is 0 Å². The summed E-state index contributed by atoms with van der Waals surface area (Å²) in [5.41, 5.74) is 2.18. The van der Waals surface area contributed by atoms with E-state index in [1.54, 1.807) is 0 Å². The minimum absolute atomic E-state index is 0.146. The average molecular weight is 411 g/mol. The number of nitrogens with zero attached hydrogens (tertiary/aromatic N) is 8. The van der Waals surface area contributed by atoms with E-state index in [0.29, 0.717) is 0 Å². The molecular formula is C22H34N8. The van der Waals surface area contributed by atoms with E-state index in [4.69, 9.17) is 9.97 Å². The first-order chi connectivity index (χ1) is 14.2. The predicted molar refractivity (Wildman–Crippen MR) is 121 cm³/mol. The number of anilines is 2. The highest BCUT2D eigenvalue weighted by Crippen LogP contribution is 2.26. The monoisotopic (exact) mass is 410 g/mol. The maximum Gasteiger partial charge on any atom is 0.138 e. The Morgan fingerprint density at radius 3 is 1.57 bits per heavy atom. The van der Waals surface area contributed by atoms with Gasteiger partial charge in [0.2, 0.25) is 0 Å². The summed E-state index contributed by atoms with van der Waals surface area (Å²) in [6.45, 7) is 13.8. The van der Waals surface area contributed by atoms with Crippen molar-refractivity contribution in [3.63, 3.8) is 0 Å². The second-order valence-corrected chi connectivity index (χ2v) is 8.78. The van der Waals surface area contributed by atoms with Crippen LogP contribution in [0.1, 0.15) is 51.6 Å². The molecule has 0 saturated carbocycles. The minimum atomic E-state index is -0.146. The first kappa shape index (κ1) is 21.8. The molecule has 0 N–H and O–H groups in total. The normalized spacial score (nSPS) is 11.7. The Hall–Kier alpha value is -2.90. The number of aromatic nitrogens is 6. The topological polar surface area (TPSA) is 67.9 Å². The molecule has 0 radical (unpaired) electrons. The summed E-state index contributed by atoms with van der Waals surface area (Å²) in [5.74, 6) is 2.65. The fourth-order valence-electron chi connectivity index (χ4n) is 3.18. The fraction of sp³-hybridized carbons (Fsp3) is 0.545. The third-order valence-corrected chi connectivity index (χ3v) is 5.01.